The predicted octanol–water partition coefficient (Wildman–Crippen LogP) is 3.48. The largest absolute Gasteiger partial charge is 0.871 e. The summed E-state index contributed by atoms with van der Waals surface area (Å²) in [6, 6.07) is 20.6. The number of rotatable bonds is 13. The van der Waals surface area contributed by atoms with Crippen molar-refractivity contribution in [2.75, 3.05) is 25.5 Å². The maximum atomic E-state index is 13.6. The lowest BCUT2D eigenvalue weighted by Crippen LogP contribution is -2.63. The highest BCUT2D eigenvalue weighted by Crippen LogP contribution is 2.53. The molecule has 14 heteroatoms. The molecule has 3 fully saturated rings. The fraction of sp³-hybridized carbons (Fsp3) is 0.359. The van der Waals surface area contributed by atoms with E-state index in [4.69, 9.17) is 9.47 Å². The van der Waals surface area contributed by atoms with Gasteiger partial charge in [-0.25, -0.2) is 4.79 Å². The maximum Gasteiger partial charge on any atom is 0.349 e. The number of nitrogens with one attached hydrogen (secondary N) is 3. The molecule has 3 aliphatic rings. The number of benzene rings is 2. The highest BCUT2D eigenvalue weighted by atomic mass is 32.1. The molecule has 0 radical (unpaired) electrons. The lowest BCUT2D eigenvalue weighted by atomic mass is 9.94. The van der Waals surface area contributed by atoms with Gasteiger partial charge in [0.25, 0.3) is 0 Å². The third-order valence-electron chi connectivity index (χ3n) is 11.1. The Bertz CT molecular complexity index is 2120. The Hall–Kier alpha value is -4.41. The molecule has 53 heavy (non-hydrogen) atoms. The Kier molecular flexibility index (Phi) is 9.47. The van der Waals surface area contributed by atoms with Gasteiger partial charge >= 0.3 is 5.97 Å². The summed E-state index contributed by atoms with van der Waals surface area (Å²) in [5.74, 6) is -1.05. The fourth-order valence-corrected chi connectivity index (χ4v) is 10.0. The van der Waals surface area contributed by atoms with Crippen molar-refractivity contribution in [3.8, 4) is 5.75 Å². The van der Waals surface area contributed by atoms with Crippen LogP contribution in [-0.4, -0.2) is 82.1 Å². The number of hydrogen-bond acceptors (Lipinski definition) is 11. The number of ether oxygens (including phenoxy) is 2. The number of carbonyl (C=O) groups is 2. The molecule has 5 aromatic rings. The minimum Gasteiger partial charge on any atom is -0.871 e. The van der Waals surface area contributed by atoms with Crippen molar-refractivity contribution in [3.63, 3.8) is 0 Å². The zero-order chi connectivity index (χ0) is 36.9. The molecule has 3 saturated heterocycles. The first-order chi connectivity index (χ1) is 25.5. The second kappa shape index (κ2) is 14.1. The molecule has 12 nitrogen and oxygen atoms in total. The molecule has 276 valence electrons. The first-order valence-corrected chi connectivity index (χ1v) is 19.4. The average Bonchev–Trinajstić information content (AvgIpc) is 3.44. The standard InChI is InChI=1S/C39H40N4O8S2/c1-43(27-18-24(19-28(43)37-36(27)51-37)50-38(48)39(49,31-4-2-16-52-31)32-5-3-17-53-32)15-14-34(47)41-23-8-6-22(7-9-23)20-40-21-30(45)25-10-12-29(44)35-26(25)11-13-33(46)42-35/h2-13,16-17,24,27-28,30,36-37,40,45,49H,14-15,18-21H2,1H3,(H2-,41,42,44,46,47)/t24?,27?,28?,30-,36?,37?,43?/m0/s1. The molecular formula is C39H40N4O8S2. The first kappa shape index (κ1) is 35.6. The van der Waals surface area contributed by atoms with Crippen LogP contribution in [0.25, 0.3) is 10.9 Å². The average molecular weight is 757 g/mol. The van der Waals surface area contributed by atoms with Gasteiger partial charge in [0.05, 0.1) is 35.9 Å². The predicted molar refractivity (Wildman–Crippen MR) is 198 cm³/mol. The van der Waals surface area contributed by atoms with Gasteiger partial charge in [-0.05, 0) is 52.2 Å². The number of aromatic nitrogens is 1. The number of quaternary nitrogens is 1. The molecule has 8 rings (SSSR count). The first-order valence-electron chi connectivity index (χ1n) is 17.7. The van der Waals surface area contributed by atoms with E-state index in [1.54, 1.807) is 24.3 Å². The highest BCUT2D eigenvalue weighted by Gasteiger charge is 2.72. The molecule has 5 atom stereocenters. The van der Waals surface area contributed by atoms with Crippen LogP contribution in [0.2, 0.25) is 0 Å². The van der Waals surface area contributed by atoms with Crippen LogP contribution in [0.5, 0.6) is 5.75 Å². The van der Waals surface area contributed by atoms with Gasteiger partial charge in [-0.15, -0.1) is 22.7 Å². The molecule has 2 aromatic carbocycles. The second-order valence-electron chi connectivity index (χ2n) is 14.3. The number of fused-ring (bicyclic) bond motifs is 6. The third kappa shape index (κ3) is 6.69. The number of epoxide rings is 1. The summed E-state index contributed by atoms with van der Waals surface area (Å²) in [5.41, 5.74) is 0.150. The molecule has 3 aliphatic heterocycles. The number of thiophene rings is 2. The number of piperidine rings is 1. The molecule has 2 bridgehead atoms. The van der Waals surface area contributed by atoms with E-state index in [1.807, 2.05) is 47.2 Å². The molecule has 3 aromatic heterocycles. The number of morpholine rings is 1. The van der Waals surface area contributed by atoms with Crippen molar-refractivity contribution in [2.24, 2.45) is 0 Å². The number of amides is 1. The van der Waals surface area contributed by atoms with E-state index in [0.717, 1.165) is 5.56 Å². The number of carbonyl (C=O) groups excluding carboxylic acids is 2. The van der Waals surface area contributed by atoms with Crippen LogP contribution >= 0.6 is 22.7 Å². The maximum absolute atomic E-state index is 13.6. The molecule has 6 heterocycles. The number of aromatic amines is 1. The molecular weight excluding hydrogens is 717 g/mol. The molecule has 5 N–H and O–H groups in total. The van der Waals surface area contributed by atoms with Crippen LogP contribution < -0.4 is 21.3 Å². The molecule has 1 amide bonds. The summed E-state index contributed by atoms with van der Waals surface area (Å²) >= 11 is 2.64. The van der Waals surface area contributed by atoms with Gasteiger partial charge in [-0.3, -0.25) is 9.59 Å². The van der Waals surface area contributed by atoms with E-state index in [9.17, 15) is 29.7 Å². The van der Waals surface area contributed by atoms with Gasteiger partial charge in [0, 0.05) is 48.6 Å². The highest BCUT2D eigenvalue weighted by molar-refractivity contribution is 7.12. The number of H-pyrrole nitrogens is 1. The monoisotopic (exact) mass is 756 g/mol. The Balaban J connectivity index is 0.826. The van der Waals surface area contributed by atoms with Crippen molar-refractivity contribution in [1.82, 2.24) is 10.3 Å². The lowest BCUT2D eigenvalue weighted by Gasteiger charge is -2.48. The number of aliphatic hydroxyl groups excluding tert-OH is 1. The third-order valence-corrected chi connectivity index (χ3v) is 13.1. The van der Waals surface area contributed by atoms with E-state index < -0.39 is 17.7 Å². The van der Waals surface area contributed by atoms with E-state index in [1.165, 1.54) is 34.8 Å². The second-order valence-corrected chi connectivity index (χ2v) is 16.2. The van der Waals surface area contributed by atoms with Crippen molar-refractivity contribution < 1.29 is 38.9 Å². The summed E-state index contributed by atoms with van der Waals surface area (Å²) in [6.45, 7) is 1.33. The van der Waals surface area contributed by atoms with Crippen molar-refractivity contribution >= 4 is 51.1 Å². The van der Waals surface area contributed by atoms with Crippen molar-refractivity contribution in [1.29, 1.82) is 0 Å². The van der Waals surface area contributed by atoms with Crippen LogP contribution in [0.4, 0.5) is 5.69 Å². The topological polar surface area (TPSA) is 176 Å². The molecule has 0 aliphatic carbocycles. The van der Waals surface area contributed by atoms with Crippen LogP contribution in [0.1, 0.15) is 46.2 Å². The van der Waals surface area contributed by atoms with Crippen LogP contribution in [0, 0.1) is 0 Å². The van der Waals surface area contributed by atoms with Gasteiger partial charge in [0.2, 0.25) is 17.1 Å². The summed E-state index contributed by atoms with van der Waals surface area (Å²) in [7, 11) is 2.17. The van der Waals surface area contributed by atoms with Gasteiger partial charge < -0.3 is 44.9 Å². The summed E-state index contributed by atoms with van der Waals surface area (Å²) in [4.78, 5) is 42.1. The summed E-state index contributed by atoms with van der Waals surface area (Å²) < 4.78 is 12.8. The molecule has 0 saturated carbocycles. The lowest BCUT2D eigenvalue weighted by molar-refractivity contribution is -0.955. The van der Waals surface area contributed by atoms with Crippen LogP contribution in [-0.2, 0) is 31.2 Å². The fourth-order valence-electron chi connectivity index (χ4n) is 8.29. The molecule has 0 spiro atoms. The minimum atomic E-state index is -1.85. The Morgan fingerprint density at radius 3 is 2.34 bits per heavy atom. The Labute approximate surface area is 313 Å². The number of likely N-dealkylation sites (N-methyl/N-ethyl adjacent to an activating group) is 1. The number of hydrogen-bond donors (Lipinski definition) is 5. The summed E-state index contributed by atoms with van der Waals surface area (Å²) in [5, 5.41) is 45.1. The van der Waals surface area contributed by atoms with E-state index in [0.29, 0.717) is 63.2 Å². The smallest absolute Gasteiger partial charge is 0.349 e. The van der Waals surface area contributed by atoms with Gasteiger partial charge in [0.15, 0.2) is 0 Å². The quantitative estimate of drug-likeness (QED) is 0.0685. The number of nitrogens with zero attached hydrogens (tertiary/aromatic N) is 1. The van der Waals surface area contributed by atoms with Crippen molar-refractivity contribution in [2.45, 2.75) is 67.9 Å². The normalized spacial score (nSPS) is 25.2. The van der Waals surface area contributed by atoms with E-state index in [-0.39, 0.29) is 59.7 Å². The van der Waals surface area contributed by atoms with Crippen LogP contribution in [0.3, 0.4) is 0 Å². The SMILES string of the molecule is C[N+]1(CCC(=O)Nc2ccc(CNC[C@H](O)c3ccc([O-])c4[nH]c(=O)ccc34)cc2)C2CC(OC(=O)C(O)(c3cccs3)c3cccs3)CC1C1OC12. The summed E-state index contributed by atoms with van der Waals surface area (Å²) in [6.07, 6.45) is 0.431. The number of anilines is 1. The zero-order valence-corrected chi connectivity index (χ0v) is 30.5. The van der Waals surface area contributed by atoms with E-state index in [2.05, 4.69) is 22.7 Å². The Morgan fingerprint density at radius 2 is 1.70 bits per heavy atom. The van der Waals surface area contributed by atoms with Crippen LogP contribution in [0.15, 0.2) is 88.4 Å². The Morgan fingerprint density at radius 1 is 1.02 bits per heavy atom. The van der Waals surface area contributed by atoms with Gasteiger partial charge in [-0.2, -0.15) is 0 Å². The number of aliphatic hydroxyl groups is 2. The zero-order valence-electron chi connectivity index (χ0n) is 28.9. The minimum absolute atomic E-state index is 0.0794. The number of esters is 1. The van der Waals surface area contributed by atoms with Crippen molar-refractivity contribution in [3.05, 3.63) is 115 Å². The molecule has 4 unspecified atom stereocenters. The van der Waals surface area contributed by atoms with Gasteiger partial charge in [-0.1, -0.05) is 42.1 Å². The van der Waals surface area contributed by atoms with Gasteiger partial charge in [0.1, 0.15) is 30.4 Å². The van der Waals surface area contributed by atoms with E-state index >= 15 is 0 Å². The number of pyridine rings is 1.